The molecule has 0 radical (unpaired) electrons. The molecule has 1 atom stereocenters. The summed E-state index contributed by atoms with van der Waals surface area (Å²) < 4.78 is 31.5. The minimum atomic E-state index is -1.43. The fourth-order valence-electron chi connectivity index (χ4n) is 1.86. The summed E-state index contributed by atoms with van der Waals surface area (Å²) in [7, 11) is 0. The van der Waals surface area contributed by atoms with Crippen molar-refractivity contribution in [2.45, 2.75) is 19.1 Å². The van der Waals surface area contributed by atoms with Crippen molar-refractivity contribution in [3.05, 3.63) is 59.6 Å². The van der Waals surface area contributed by atoms with Gasteiger partial charge >= 0.3 is 0 Å². The molecule has 2 N–H and O–H groups in total. The van der Waals surface area contributed by atoms with Gasteiger partial charge in [0.15, 0.2) is 0 Å². The number of halogens is 2. The van der Waals surface area contributed by atoms with E-state index >= 15 is 0 Å². The Hall–Kier alpha value is -1.72. The molecule has 0 aliphatic carbocycles. The van der Waals surface area contributed by atoms with Crippen LogP contribution in [0.2, 0.25) is 0 Å². The second-order valence-electron chi connectivity index (χ2n) is 4.58. The summed E-state index contributed by atoms with van der Waals surface area (Å²) in [5.41, 5.74) is -1.37. The van der Waals surface area contributed by atoms with Gasteiger partial charge in [0.25, 0.3) is 0 Å². The van der Waals surface area contributed by atoms with Crippen LogP contribution in [0.1, 0.15) is 18.2 Å². The van der Waals surface area contributed by atoms with E-state index in [0.717, 1.165) is 17.9 Å². The maximum absolute atomic E-state index is 13.6. The predicted octanol–water partition coefficient (Wildman–Crippen LogP) is 2.56. The van der Waals surface area contributed by atoms with Crippen molar-refractivity contribution in [1.82, 2.24) is 5.32 Å². The minimum absolute atomic E-state index is 0.0563. The van der Waals surface area contributed by atoms with Gasteiger partial charge in [0.05, 0.1) is 12.8 Å². The van der Waals surface area contributed by atoms with Crippen molar-refractivity contribution >= 4 is 0 Å². The minimum Gasteiger partial charge on any atom is -0.468 e. The number of aliphatic hydroxyl groups is 1. The summed E-state index contributed by atoms with van der Waals surface area (Å²) in [6.07, 6.45) is 1.55. The second kappa shape index (κ2) is 5.50. The number of furan rings is 1. The molecule has 0 fully saturated rings. The van der Waals surface area contributed by atoms with Crippen molar-refractivity contribution in [2.75, 3.05) is 6.54 Å². The molecule has 1 unspecified atom stereocenters. The SMILES string of the molecule is CC(O)(CNCc1ccco1)c1ccc(F)cc1F. The Bertz CT molecular complexity index is 538. The Morgan fingerprint density at radius 1 is 1.32 bits per heavy atom. The van der Waals surface area contributed by atoms with Gasteiger partial charge in [-0.25, -0.2) is 8.78 Å². The summed E-state index contributed by atoms with van der Waals surface area (Å²) >= 11 is 0. The van der Waals surface area contributed by atoms with Crippen LogP contribution in [0.15, 0.2) is 41.0 Å². The molecule has 2 aromatic rings. The highest BCUT2D eigenvalue weighted by Crippen LogP contribution is 2.23. The Balaban J connectivity index is 2.01. The zero-order valence-corrected chi connectivity index (χ0v) is 10.5. The van der Waals surface area contributed by atoms with Gasteiger partial charge in [0.1, 0.15) is 23.0 Å². The van der Waals surface area contributed by atoms with E-state index in [9.17, 15) is 13.9 Å². The first-order valence-corrected chi connectivity index (χ1v) is 5.90. The molecule has 3 nitrogen and oxygen atoms in total. The highest BCUT2D eigenvalue weighted by molar-refractivity contribution is 5.24. The molecule has 0 aliphatic heterocycles. The molecule has 2 rings (SSSR count). The van der Waals surface area contributed by atoms with Gasteiger partial charge in [-0.1, -0.05) is 6.07 Å². The fourth-order valence-corrected chi connectivity index (χ4v) is 1.86. The van der Waals surface area contributed by atoms with Gasteiger partial charge in [-0.05, 0) is 25.1 Å². The van der Waals surface area contributed by atoms with Crippen LogP contribution in [-0.4, -0.2) is 11.7 Å². The molecule has 0 saturated carbocycles. The van der Waals surface area contributed by atoms with Crippen molar-refractivity contribution in [1.29, 1.82) is 0 Å². The highest BCUT2D eigenvalue weighted by Gasteiger charge is 2.26. The van der Waals surface area contributed by atoms with Crippen molar-refractivity contribution < 1.29 is 18.3 Å². The molecule has 1 aromatic heterocycles. The van der Waals surface area contributed by atoms with Crippen LogP contribution >= 0.6 is 0 Å². The smallest absolute Gasteiger partial charge is 0.132 e. The molecule has 0 spiro atoms. The molecule has 0 bridgehead atoms. The topological polar surface area (TPSA) is 45.4 Å². The standard InChI is InChI=1S/C14H15F2NO2/c1-14(18,9-17-8-11-3-2-6-19-11)12-5-4-10(15)7-13(12)16/h2-7,17-18H,8-9H2,1H3. The number of hydrogen-bond donors (Lipinski definition) is 2. The lowest BCUT2D eigenvalue weighted by molar-refractivity contribution is 0.0524. The molecular formula is C14H15F2NO2. The van der Waals surface area contributed by atoms with Crippen LogP contribution < -0.4 is 5.32 Å². The third-order valence-corrected chi connectivity index (χ3v) is 2.86. The molecule has 0 saturated heterocycles. The van der Waals surface area contributed by atoms with Crippen LogP contribution in [0.5, 0.6) is 0 Å². The molecule has 0 amide bonds. The van der Waals surface area contributed by atoms with Gasteiger partial charge in [-0.15, -0.1) is 0 Å². The summed E-state index contributed by atoms with van der Waals surface area (Å²) in [6, 6.07) is 6.68. The lowest BCUT2D eigenvalue weighted by atomic mass is 9.95. The average Bonchev–Trinajstić information content (AvgIpc) is 2.81. The van der Waals surface area contributed by atoms with Crippen molar-refractivity contribution in [3.63, 3.8) is 0 Å². The average molecular weight is 267 g/mol. The summed E-state index contributed by atoms with van der Waals surface area (Å²) in [4.78, 5) is 0. The monoisotopic (exact) mass is 267 g/mol. The normalized spacial score (nSPS) is 14.3. The molecule has 5 heteroatoms. The van der Waals surface area contributed by atoms with E-state index in [-0.39, 0.29) is 12.1 Å². The molecule has 1 heterocycles. The maximum Gasteiger partial charge on any atom is 0.132 e. The Kier molecular flexibility index (Phi) is 3.97. The third kappa shape index (κ3) is 3.39. The first kappa shape index (κ1) is 13.7. The Labute approximate surface area is 109 Å². The molecule has 1 aromatic carbocycles. The Morgan fingerprint density at radius 2 is 2.11 bits per heavy atom. The van der Waals surface area contributed by atoms with Crippen LogP contribution in [0.3, 0.4) is 0 Å². The van der Waals surface area contributed by atoms with Gasteiger partial charge < -0.3 is 14.8 Å². The number of nitrogens with one attached hydrogen (secondary N) is 1. The first-order chi connectivity index (χ1) is 8.99. The van der Waals surface area contributed by atoms with Gasteiger partial charge in [-0.3, -0.25) is 0 Å². The van der Waals surface area contributed by atoms with E-state index in [1.807, 2.05) is 0 Å². The van der Waals surface area contributed by atoms with E-state index in [0.29, 0.717) is 6.54 Å². The lowest BCUT2D eigenvalue weighted by Crippen LogP contribution is -2.35. The zero-order valence-electron chi connectivity index (χ0n) is 10.5. The first-order valence-electron chi connectivity index (χ1n) is 5.90. The molecule has 0 aliphatic rings. The second-order valence-corrected chi connectivity index (χ2v) is 4.58. The van der Waals surface area contributed by atoms with Gasteiger partial charge in [0.2, 0.25) is 0 Å². The highest BCUT2D eigenvalue weighted by atomic mass is 19.1. The summed E-state index contributed by atoms with van der Waals surface area (Å²) in [5, 5.41) is 13.2. The third-order valence-electron chi connectivity index (χ3n) is 2.86. The lowest BCUT2D eigenvalue weighted by Gasteiger charge is -2.24. The van der Waals surface area contributed by atoms with Crippen molar-refractivity contribution in [3.8, 4) is 0 Å². The summed E-state index contributed by atoms with van der Waals surface area (Å²) in [5.74, 6) is -0.708. The Morgan fingerprint density at radius 3 is 2.74 bits per heavy atom. The summed E-state index contributed by atoms with van der Waals surface area (Å²) in [6.45, 7) is 2.01. The number of benzene rings is 1. The molecule has 19 heavy (non-hydrogen) atoms. The fraction of sp³-hybridized carbons (Fsp3) is 0.286. The van der Waals surface area contributed by atoms with Crippen LogP contribution in [-0.2, 0) is 12.1 Å². The van der Waals surface area contributed by atoms with E-state index in [1.165, 1.54) is 13.0 Å². The van der Waals surface area contributed by atoms with Crippen molar-refractivity contribution in [2.24, 2.45) is 0 Å². The van der Waals surface area contributed by atoms with Gasteiger partial charge in [-0.2, -0.15) is 0 Å². The van der Waals surface area contributed by atoms with E-state index in [2.05, 4.69) is 5.32 Å². The largest absolute Gasteiger partial charge is 0.468 e. The predicted molar refractivity (Wildman–Crippen MR) is 66.3 cm³/mol. The van der Waals surface area contributed by atoms with Crippen LogP contribution in [0, 0.1) is 11.6 Å². The molecular weight excluding hydrogens is 252 g/mol. The number of rotatable bonds is 5. The van der Waals surface area contributed by atoms with E-state index in [4.69, 9.17) is 4.42 Å². The zero-order chi connectivity index (χ0) is 13.9. The molecule has 102 valence electrons. The van der Waals surface area contributed by atoms with Crippen LogP contribution in [0.4, 0.5) is 8.78 Å². The maximum atomic E-state index is 13.6. The number of hydrogen-bond acceptors (Lipinski definition) is 3. The van der Waals surface area contributed by atoms with Gasteiger partial charge in [0, 0.05) is 18.2 Å². The van der Waals surface area contributed by atoms with E-state index < -0.39 is 17.2 Å². The van der Waals surface area contributed by atoms with Crippen LogP contribution in [0.25, 0.3) is 0 Å². The quantitative estimate of drug-likeness (QED) is 0.875. The van der Waals surface area contributed by atoms with E-state index in [1.54, 1.807) is 18.4 Å².